The number of aromatic nitrogens is 2. The van der Waals surface area contributed by atoms with Crippen LogP contribution in [0.25, 0.3) is 0 Å². The van der Waals surface area contributed by atoms with E-state index < -0.39 is 0 Å². The number of rotatable bonds is 4. The highest BCUT2D eigenvalue weighted by molar-refractivity contribution is 5.96. The van der Waals surface area contributed by atoms with Gasteiger partial charge in [0.1, 0.15) is 12.0 Å². The molecule has 2 aromatic carbocycles. The largest absolute Gasteiger partial charge is 0.393 e. The minimum atomic E-state index is -0.246. The number of fused-ring (bicyclic) bond motifs is 1. The number of anilines is 3. The van der Waals surface area contributed by atoms with Crippen molar-refractivity contribution in [1.29, 1.82) is 0 Å². The Balaban J connectivity index is 1.50. The number of nitrogen functional groups attached to an aromatic ring is 1. The Bertz CT molecular complexity index is 1020. The van der Waals surface area contributed by atoms with Crippen LogP contribution in [0.2, 0.25) is 0 Å². The Morgan fingerprint density at radius 1 is 1.07 bits per heavy atom. The van der Waals surface area contributed by atoms with Crippen molar-refractivity contribution < 1.29 is 4.79 Å². The lowest BCUT2D eigenvalue weighted by Gasteiger charge is -2.30. The lowest BCUT2D eigenvalue weighted by Crippen LogP contribution is -2.33. The molecular weight excluding hydrogens is 352 g/mol. The number of amides is 1. The van der Waals surface area contributed by atoms with E-state index in [1.54, 1.807) is 6.07 Å². The Labute approximate surface area is 163 Å². The molecule has 28 heavy (non-hydrogen) atoms. The van der Waals surface area contributed by atoms with Crippen LogP contribution < -0.4 is 21.5 Å². The second-order valence-electron chi connectivity index (χ2n) is 6.79. The number of carbonyl (C=O) groups excluding carboxylic acids is 1. The average molecular weight is 374 g/mol. The van der Waals surface area contributed by atoms with E-state index in [4.69, 9.17) is 5.73 Å². The predicted molar refractivity (Wildman–Crippen MR) is 110 cm³/mol. The number of carbonyl (C=O) groups is 1. The summed E-state index contributed by atoms with van der Waals surface area (Å²) in [6, 6.07) is 15.8. The molecule has 1 amide bonds. The maximum atomic E-state index is 12.4. The van der Waals surface area contributed by atoms with E-state index in [0.29, 0.717) is 22.9 Å². The topological polar surface area (TPSA) is 96.2 Å². The molecule has 2 heterocycles. The minimum absolute atomic E-state index is 0.246. The van der Waals surface area contributed by atoms with Crippen molar-refractivity contribution in [3.05, 3.63) is 77.1 Å². The Morgan fingerprint density at radius 2 is 1.82 bits per heavy atom. The van der Waals surface area contributed by atoms with Gasteiger partial charge >= 0.3 is 0 Å². The molecule has 1 aliphatic heterocycles. The third-order valence-electron chi connectivity index (χ3n) is 4.98. The number of nitrogens with zero attached hydrogens (tertiary/aromatic N) is 3. The lowest BCUT2D eigenvalue weighted by molar-refractivity contribution is 0.0962. The van der Waals surface area contributed by atoms with Crippen molar-refractivity contribution in [2.24, 2.45) is 0 Å². The van der Waals surface area contributed by atoms with Gasteiger partial charge in [-0.2, -0.15) is 0 Å². The van der Waals surface area contributed by atoms with Gasteiger partial charge < -0.3 is 10.6 Å². The third-order valence-corrected chi connectivity index (χ3v) is 4.98. The summed E-state index contributed by atoms with van der Waals surface area (Å²) in [6.07, 6.45) is 2.39. The minimum Gasteiger partial charge on any atom is -0.393 e. The highest BCUT2D eigenvalue weighted by Crippen LogP contribution is 2.30. The predicted octanol–water partition coefficient (Wildman–Crippen LogP) is 2.69. The molecule has 0 saturated heterocycles. The van der Waals surface area contributed by atoms with Crippen LogP contribution in [0.3, 0.4) is 0 Å². The molecule has 0 radical (unpaired) electrons. The van der Waals surface area contributed by atoms with E-state index in [-0.39, 0.29) is 5.91 Å². The molecule has 7 nitrogen and oxygen atoms in total. The quantitative estimate of drug-likeness (QED) is 0.608. The molecule has 0 fully saturated rings. The van der Waals surface area contributed by atoms with Crippen LogP contribution in [0.1, 0.15) is 27.0 Å². The fourth-order valence-corrected chi connectivity index (χ4v) is 3.43. The zero-order valence-electron chi connectivity index (χ0n) is 15.6. The molecule has 7 heteroatoms. The Kier molecular flexibility index (Phi) is 4.80. The first-order chi connectivity index (χ1) is 13.6. The molecular formula is C21H22N6O. The molecule has 1 aliphatic rings. The summed E-state index contributed by atoms with van der Waals surface area (Å²) < 4.78 is 0. The van der Waals surface area contributed by atoms with E-state index in [9.17, 15) is 4.79 Å². The highest BCUT2D eigenvalue weighted by Gasteiger charge is 2.21. The molecule has 142 valence electrons. The van der Waals surface area contributed by atoms with E-state index in [1.165, 1.54) is 17.5 Å². The molecule has 0 spiro atoms. The van der Waals surface area contributed by atoms with Gasteiger partial charge in [-0.15, -0.1) is 0 Å². The first-order valence-corrected chi connectivity index (χ1v) is 9.17. The smallest absolute Gasteiger partial charge is 0.269 e. The molecule has 0 bridgehead atoms. The standard InChI is InChI=1S/C21H22N6O/c1-14-6-2-5-9-17(14)21(28)26-25-19-18(22)20(24-13-23-19)27-11-10-15-7-3-4-8-16(15)12-27/h2-9,13H,10-12,22H2,1H3,(H,26,28)(H,23,24,25). The Hall–Kier alpha value is -3.61. The summed E-state index contributed by atoms with van der Waals surface area (Å²) in [5, 5.41) is 0. The molecule has 1 aromatic heterocycles. The van der Waals surface area contributed by atoms with Gasteiger partial charge in [0.2, 0.25) is 0 Å². The van der Waals surface area contributed by atoms with Gasteiger partial charge in [-0.05, 0) is 36.1 Å². The summed E-state index contributed by atoms with van der Waals surface area (Å²) in [5.74, 6) is 0.799. The van der Waals surface area contributed by atoms with Crippen molar-refractivity contribution in [3.8, 4) is 0 Å². The van der Waals surface area contributed by atoms with Crippen LogP contribution in [0.15, 0.2) is 54.9 Å². The van der Waals surface area contributed by atoms with Gasteiger partial charge in [-0.3, -0.25) is 15.6 Å². The fourth-order valence-electron chi connectivity index (χ4n) is 3.43. The van der Waals surface area contributed by atoms with Gasteiger partial charge in [0.25, 0.3) is 5.91 Å². The molecule has 4 rings (SSSR count). The molecule has 0 unspecified atom stereocenters. The van der Waals surface area contributed by atoms with Gasteiger partial charge in [0.15, 0.2) is 11.6 Å². The van der Waals surface area contributed by atoms with Gasteiger partial charge in [0, 0.05) is 18.7 Å². The van der Waals surface area contributed by atoms with Crippen molar-refractivity contribution in [1.82, 2.24) is 15.4 Å². The molecule has 0 saturated carbocycles. The molecule has 0 aliphatic carbocycles. The van der Waals surface area contributed by atoms with Crippen LogP contribution in [0.5, 0.6) is 0 Å². The van der Waals surface area contributed by atoms with E-state index in [0.717, 1.165) is 25.1 Å². The highest BCUT2D eigenvalue weighted by atomic mass is 16.2. The zero-order chi connectivity index (χ0) is 19.5. The molecule has 4 N–H and O–H groups in total. The monoisotopic (exact) mass is 374 g/mol. The summed E-state index contributed by atoms with van der Waals surface area (Å²) >= 11 is 0. The summed E-state index contributed by atoms with van der Waals surface area (Å²) in [6.45, 7) is 3.46. The maximum Gasteiger partial charge on any atom is 0.269 e. The maximum absolute atomic E-state index is 12.4. The number of hydrazine groups is 1. The van der Waals surface area contributed by atoms with Gasteiger partial charge in [-0.25, -0.2) is 9.97 Å². The van der Waals surface area contributed by atoms with Crippen molar-refractivity contribution in [2.75, 3.05) is 22.6 Å². The summed E-state index contributed by atoms with van der Waals surface area (Å²) in [5.41, 5.74) is 16.3. The summed E-state index contributed by atoms with van der Waals surface area (Å²) in [4.78, 5) is 23.1. The number of aryl methyl sites for hydroxylation is 1. The number of hydrogen-bond acceptors (Lipinski definition) is 6. The van der Waals surface area contributed by atoms with Crippen LogP contribution >= 0.6 is 0 Å². The zero-order valence-corrected chi connectivity index (χ0v) is 15.6. The molecule has 0 atom stereocenters. The average Bonchev–Trinajstić information content (AvgIpc) is 2.73. The first-order valence-electron chi connectivity index (χ1n) is 9.17. The van der Waals surface area contributed by atoms with Crippen LogP contribution in [0.4, 0.5) is 17.3 Å². The van der Waals surface area contributed by atoms with Crippen molar-refractivity contribution >= 4 is 23.2 Å². The third kappa shape index (κ3) is 3.46. The van der Waals surface area contributed by atoms with Gasteiger partial charge in [0.05, 0.1) is 0 Å². The number of nitrogens with two attached hydrogens (primary N) is 1. The van der Waals surface area contributed by atoms with Gasteiger partial charge in [-0.1, -0.05) is 42.5 Å². The molecule has 3 aromatic rings. The van der Waals surface area contributed by atoms with Crippen molar-refractivity contribution in [3.63, 3.8) is 0 Å². The van der Waals surface area contributed by atoms with E-state index in [1.807, 2.05) is 31.2 Å². The Morgan fingerprint density at radius 3 is 2.64 bits per heavy atom. The normalized spacial score (nSPS) is 13.0. The van der Waals surface area contributed by atoms with Crippen molar-refractivity contribution in [2.45, 2.75) is 19.9 Å². The second-order valence-corrected chi connectivity index (χ2v) is 6.79. The van der Waals surface area contributed by atoms with Crippen LogP contribution in [-0.2, 0) is 13.0 Å². The lowest BCUT2D eigenvalue weighted by atomic mass is 10.00. The number of nitrogens with one attached hydrogen (secondary N) is 2. The van der Waals surface area contributed by atoms with E-state index >= 15 is 0 Å². The SMILES string of the molecule is Cc1ccccc1C(=O)NNc1ncnc(N2CCc3ccccc3C2)c1N. The van der Waals surface area contributed by atoms with Crippen LogP contribution in [0, 0.1) is 6.92 Å². The number of benzene rings is 2. The fraction of sp³-hybridized carbons (Fsp3) is 0.190. The van der Waals surface area contributed by atoms with E-state index in [2.05, 4.69) is 43.9 Å². The first kappa shape index (κ1) is 17.8. The second kappa shape index (κ2) is 7.56. The number of hydrogen-bond donors (Lipinski definition) is 3. The van der Waals surface area contributed by atoms with Crippen LogP contribution in [-0.4, -0.2) is 22.4 Å². The summed E-state index contributed by atoms with van der Waals surface area (Å²) in [7, 11) is 0.